The molecule has 204 valence electrons. The maximum absolute atomic E-state index is 14.1. The van der Waals surface area contributed by atoms with Crippen LogP contribution in [-0.4, -0.2) is 18.8 Å². The third kappa shape index (κ3) is 6.95. The summed E-state index contributed by atoms with van der Waals surface area (Å²) in [6.45, 7) is -1.83. The molecule has 0 unspecified atom stereocenters. The Labute approximate surface area is 209 Å². The first-order chi connectivity index (χ1) is 17.5. The molecule has 0 spiro atoms. The highest BCUT2D eigenvalue weighted by Crippen LogP contribution is 2.40. The van der Waals surface area contributed by atoms with Crippen molar-refractivity contribution >= 4 is 6.03 Å². The maximum atomic E-state index is 14.1. The Bertz CT molecular complexity index is 1270. The summed E-state index contributed by atoms with van der Waals surface area (Å²) in [6.07, 6.45) is -15.5. The molecule has 1 atom stereocenters. The predicted octanol–water partition coefficient (Wildman–Crippen LogP) is 7.21. The van der Waals surface area contributed by atoms with E-state index in [1.165, 1.54) is 29.6 Å². The second-order valence-electron chi connectivity index (χ2n) is 8.26. The molecule has 0 bridgehead atoms. The first-order valence-electron chi connectivity index (χ1n) is 10.7. The Kier molecular flexibility index (Phi) is 7.99. The molecule has 3 aromatic rings. The molecular formula is C25H18F10N2O. The standard InChI is InChI=1S/C25H18F10N2O/c26-20-10-9-17(12-19(20)25(33,34)35)22(13-15-5-2-1-3-6-15,37-21(38)36-14-23(27,28)29)16-7-4-8-18(11-16)24(30,31)32/h1-12H,13-14H2,(H2,36,37,38)/t22-/m0/s1. The molecule has 0 heterocycles. The number of hydrogen-bond donors (Lipinski definition) is 2. The van der Waals surface area contributed by atoms with Gasteiger partial charge in [0, 0.05) is 6.42 Å². The van der Waals surface area contributed by atoms with E-state index in [0.717, 1.165) is 18.2 Å². The van der Waals surface area contributed by atoms with Crippen molar-refractivity contribution in [2.75, 3.05) is 6.54 Å². The molecule has 3 aromatic carbocycles. The smallest absolute Gasteiger partial charge is 0.329 e. The van der Waals surface area contributed by atoms with Crippen molar-refractivity contribution in [3.05, 3.63) is 106 Å². The van der Waals surface area contributed by atoms with E-state index in [0.29, 0.717) is 29.8 Å². The number of halogens is 10. The highest BCUT2D eigenvalue weighted by Gasteiger charge is 2.42. The minimum absolute atomic E-state index is 0.291. The molecule has 3 nitrogen and oxygen atoms in total. The second kappa shape index (κ2) is 10.5. The molecule has 0 fully saturated rings. The van der Waals surface area contributed by atoms with E-state index in [-0.39, 0.29) is 0 Å². The molecule has 3 rings (SSSR count). The zero-order valence-corrected chi connectivity index (χ0v) is 19.0. The first-order valence-corrected chi connectivity index (χ1v) is 10.7. The van der Waals surface area contributed by atoms with Gasteiger partial charge in [0.05, 0.1) is 16.7 Å². The summed E-state index contributed by atoms with van der Waals surface area (Å²) in [4.78, 5) is 12.6. The van der Waals surface area contributed by atoms with E-state index < -0.39 is 71.1 Å². The van der Waals surface area contributed by atoms with Crippen LogP contribution in [0.1, 0.15) is 27.8 Å². The van der Waals surface area contributed by atoms with Crippen LogP contribution in [0.5, 0.6) is 0 Å². The van der Waals surface area contributed by atoms with Gasteiger partial charge in [-0.25, -0.2) is 9.18 Å². The van der Waals surface area contributed by atoms with Crippen LogP contribution in [0.3, 0.4) is 0 Å². The molecule has 2 amide bonds. The number of urea groups is 1. The largest absolute Gasteiger partial charge is 0.419 e. The van der Waals surface area contributed by atoms with Crippen LogP contribution in [0.4, 0.5) is 48.7 Å². The highest BCUT2D eigenvalue weighted by atomic mass is 19.4. The Balaban J connectivity index is 2.31. The van der Waals surface area contributed by atoms with Gasteiger partial charge in [0.2, 0.25) is 0 Å². The Morgan fingerprint density at radius 3 is 1.87 bits per heavy atom. The van der Waals surface area contributed by atoms with Gasteiger partial charge in [-0.1, -0.05) is 48.5 Å². The summed E-state index contributed by atoms with van der Waals surface area (Å²) < 4.78 is 134. The lowest BCUT2D eigenvalue weighted by atomic mass is 9.77. The third-order valence-electron chi connectivity index (χ3n) is 5.54. The summed E-state index contributed by atoms with van der Waals surface area (Å²) in [6, 6.07) is 10.7. The van der Waals surface area contributed by atoms with Crippen LogP contribution in [0, 0.1) is 5.82 Å². The van der Waals surface area contributed by atoms with E-state index in [2.05, 4.69) is 5.32 Å². The van der Waals surface area contributed by atoms with Crippen molar-refractivity contribution in [3.63, 3.8) is 0 Å². The van der Waals surface area contributed by atoms with Crippen LogP contribution >= 0.6 is 0 Å². The minimum atomic E-state index is -5.23. The topological polar surface area (TPSA) is 41.1 Å². The van der Waals surface area contributed by atoms with Gasteiger partial charge in [-0.15, -0.1) is 0 Å². The molecule has 13 heteroatoms. The summed E-state index contributed by atoms with van der Waals surface area (Å²) >= 11 is 0. The summed E-state index contributed by atoms with van der Waals surface area (Å²) in [7, 11) is 0. The van der Waals surface area contributed by atoms with E-state index in [1.807, 2.05) is 0 Å². The van der Waals surface area contributed by atoms with Crippen molar-refractivity contribution in [1.82, 2.24) is 10.6 Å². The maximum Gasteiger partial charge on any atom is 0.419 e. The van der Waals surface area contributed by atoms with E-state index in [4.69, 9.17) is 0 Å². The fourth-order valence-electron chi connectivity index (χ4n) is 3.85. The van der Waals surface area contributed by atoms with Crippen molar-refractivity contribution in [2.24, 2.45) is 0 Å². The lowest BCUT2D eigenvalue weighted by molar-refractivity contribution is -0.140. The highest BCUT2D eigenvalue weighted by molar-refractivity contribution is 5.76. The first kappa shape index (κ1) is 28.8. The quantitative estimate of drug-likeness (QED) is 0.312. The van der Waals surface area contributed by atoms with E-state index in [1.54, 1.807) is 6.07 Å². The summed E-state index contributed by atoms with van der Waals surface area (Å²) in [5, 5.41) is 3.66. The van der Waals surface area contributed by atoms with Gasteiger partial charge in [-0.3, -0.25) is 0 Å². The van der Waals surface area contributed by atoms with Crippen LogP contribution in [-0.2, 0) is 24.3 Å². The number of alkyl halides is 9. The minimum Gasteiger partial charge on any atom is -0.329 e. The van der Waals surface area contributed by atoms with Gasteiger partial charge in [0.15, 0.2) is 0 Å². The molecule has 0 saturated carbocycles. The Morgan fingerprint density at radius 1 is 0.684 bits per heavy atom. The monoisotopic (exact) mass is 552 g/mol. The van der Waals surface area contributed by atoms with Gasteiger partial charge in [-0.05, 0) is 41.0 Å². The van der Waals surface area contributed by atoms with Gasteiger partial charge in [0.25, 0.3) is 0 Å². The van der Waals surface area contributed by atoms with Crippen LogP contribution in [0.2, 0.25) is 0 Å². The molecule has 2 N–H and O–H groups in total. The predicted molar refractivity (Wildman–Crippen MR) is 116 cm³/mol. The second-order valence-corrected chi connectivity index (χ2v) is 8.26. The van der Waals surface area contributed by atoms with Gasteiger partial charge in [-0.2, -0.15) is 39.5 Å². The van der Waals surface area contributed by atoms with Crippen molar-refractivity contribution in [2.45, 2.75) is 30.5 Å². The average Bonchev–Trinajstić information content (AvgIpc) is 2.81. The van der Waals surface area contributed by atoms with E-state index >= 15 is 0 Å². The molecule has 0 radical (unpaired) electrons. The number of benzene rings is 3. The number of nitrogens with one attached hydrogen (secondary N) is 2. The zero-order valence-electron chi connectivity index (χ0n) is 19.0. The molecule has 0 aliphatic rings. The normalized spacial score (nSPS) is 14.1. The lowest BCUT2D eigenvalue weighted by Crippen LogP contribution is -2.53. The van der Waals surface area contributed by atoms with Crippen LogP contribution < -0.4 is 10.6 Å². The molecule has 0 saturated heterocycles. The van der Waals surface area contributed by atoms with Gasteiger partial charge in [0.1, 0.15) is 12.4 Å². The van der Waals surface area contributed by atoms with Gasteiger partial charge < -0.3 is 10.6 Å². The summed E-state index contributed by atoms with van der Waals surface area (Å²) in [5.41, 5.74) is -5.94. The van der Waals surface area contributed by atoms with Gasteiger partial charge >= 0.3 is 24.6 Å². The van der Waals surface area contributed by atoms with Crippen molar-refractivity contribution in [1.29, 1.82) is 0 Å². The molecular weight excluding hydrogens is 534 g/mol. The van der Waals surface area contributed by atoms with Crippen molar-refractivity contribution in [3.8, 4) is 0 Å². The molecule has 0 aromatic heterocycles. The number of rotatable bonds is 6. The molecule has 38 heavy (non-hydrogen) atoms. The third-order valence-corrected chi connectivity index (χ3v) is 5.54. The zero-order chi connectivity index (χ0) is 28.4. The van der Waals surface area contributed by atoms with Crippen molar-refractivity contribution < 1.29 is 48.7 Å². The Hall–Kier alpha value is -3.77. The number of amides is 2. The van der Waals surface area contributed by atoms with E-state index in [9.17, 15) is 48.7 Å². The number of carbonyl (C=O) groups excluding carboxylic acids is 1. The molecule has 0 aliphatic heterocycles. The number of hydrogen-bond acceptors (Lipinski definition) is 1. The molecule has 0 aliphatic carbocycles. The van der Waals surface area contributed by atoms with Crippen LogP contribution in [0.25, 0.3) is 0 Å². The fraction of sp³-hybridized carbons (Fsp3) is 0.240. The average molecular weight is 552 g/mol. The lowest BCUT2D eigenvalue weighted by Gasteiger charge is -2.37. The Morgan fingerprint density at radius 2 is 1.29 bits per heavy atom. The fourth-order valence-corrected chi connectivity index (χ4v) is 3.85. The van der Waals surface area contributed by atoms with Crippen LogP contribution in [0.15, 0.2) is 72.8 Å². The SMILES string of the molecule is O=C(NCC(F)(F)F)N[C@@](Cc1ccccc1)(c1cccc(C(F)(F)F)c1)c1ccc(F)c(C(F)(F)F)c1. The number of carbonyl (C=O) groups is 1. The summed E-state index contributed by atoms with van der Waals surface area (Å²) in [5.74, 6) is -1.69.